The van der Waals surface area contributed by atoms with Crippen molar-refractivity contribution in [1.82, 2.24) is 9.88 Å². The maximum atomic E-state index is 13.2. The van der Waals surface area contributed by atoms with Crippen LogP contribution < -0.4 is 5.32 Å². The first-order chi connectivity index (χ1) is 12.8. The van der Waals surface area contributed by atoms with E-state index in [0.717, 1.165) is 11.4 Å². The van der Waals surface area contributed by atoms with Gasteiger partial charge in [0.2, 0.25) is 0 Å². The minimum absolute atomic E-state index is 0.0603. The fraction of sp³-hybridized carbons (Fsp3) is 0.400. The van der Waals surface area contributed by atoms with Crippen molar-refractivity contribution in [2.75, 3.05) is 19.8 Å². The number of ether oxygens (including phenoxy) is 1. The predicted molar refractivity (Wildman–Crippen MR) is 97.7 cm³/mol. The number of hydrogen-bond acceptors (Lipinski definition) is 3. The molecule has 0 radical (unpaired) electrons. The Morgan fingerprint density at radius 3 is 2.44 bits per heavy atom. The predicted octanol–water partition coefficient (Wildman–Crippen LogP) is 2.84. The molecule has 0 atom stereocenters. The Hall–Kier alpha value is -2.67. The van der Waals surface area contributed by atoms with Crippen LogP contribution in [0.2, 0.25) is 0 Å². The Labute approximate surface area is 156 Å². The van der Waals surface area contributed by atoms with Crippen LogP contribution in [-0.4, -0.2) is 41.3 Å². The van der Waals surface area contributed by atoms with E-state index >= 15 is 0 Å². The number of rotatable bonds is 5. The maximum Gasteiger partial charge on any atom is 0.311 e. The smallest absolute Gasteiger partial charge is 0.311 e. The quantitative estimate of drug-likeness (QED) is 0.843. The van der Waals surface area contributed by atoms with Crippen LogP contribution in [-0.2, 0) is 9.53 Å². The second-order valence-electron chi connectivity index (χ2n) is 6.98. The molecule has 1 aromatic heterocycles. The van der Waals surface area contributed by atoms with Crippen molar-refractivity contribution in [3.63, 3.8) is 0 Å². The van der Waals surface area contributed by atoms with Crippen LogP contribution in [0.3, 0.4) is 0 Å². The molecule has 1 saturated heterocycles. The third-order valence-corrected chi connectivity index (χ3v) is 5.25. The van der Waals surface area contributed by atoms with Crippen molar-refractivity contribution in [2.24, 2.45) is 5.41 Å². The molecule has 2 heterocycles. The molecule has 6 nitrogen and oxygen atoms in total. The Kier molecular flexibility index (Phi) is 5.32. The lowest BCUT2D eigenvalue weighted by atomic mass is 9.80. The lowest BCUT2D eigenvalue weighted by Crippen LogP contribution is -2.46. The van der Waals surface area contributed by atoms with Crippen molar-refractivity contribution >= 4 is 11.9 Å². The minimum atomic E-state index is -0.990. The number of nitrogens with one attached hydrogen (secondary N) is 1. The van der Waals surface area contributed by atoms with Crippen molar-refractivity contribution in [2.45, 2.75) is 26.7 Å². The van der Waals surface area contributed by atoms with Crippen LogP contribution in [0.15, 0.2) is 30.3 Å². The van der Waals surface area contributed by atoms with Gasteiger partial charge in [0.15, 0.2) is 0 Å². The zero-order chi connectivity index (χ0) is 19.6. The van der Waals surface area contributed by atoms with E-state index in [1.54, 1.807) is 18.2 Å². The van der Waals surface area contributed by atoms with Crippen molar-refractivity contribution in [3.8, 4) is 5.69 Å². The van der Waals surface area contributed by atoms with Gasteiger partial charge in [-0.15, -0.1) is 0 Å². The summed E-state index contributed by atoms with van der Waals surface area (Å²) < 4.78 is 20.3. The fourth-order valence-electron chi connectivity index (χ4n) is 3.55. The Morgan fingerprint density at radius 1 is 1.22 bits per heavy atom. The van der Waals surface area contributed by atoms with Crippen molar-refractivity contribution in [1.29, 1.82) is 0 Å². The number of carboxylic acid groups (broad SMARTS) is 1. The number of aliphatic carboxylic acids is 1. The van der Waals surface area contributed by atoms with Gasteiger partial charge in [0.25, 0.3) is 5.91 Å². The van der Waals surface area contributed by atoms with Crippen LogP contribution >= 0.6 is 0 Å². The van der Waals surface area contributed by atoms with Gasteiger partial charge in [0.1, 0.15) is 5.82 Å². The summed E-state index contributed by atoms with van der Waals surface area (Å²) in [6.45, 7) is 4.49. The largest absolute Gasteiger partial charge is 0.481 e. The van der Waals surface area contributed by atoms with Crippen LogP contribution in [0.1, 0.15) is 34.6 Å². The molecule has 7 heteroatoms. The van der Waals surface area contributed by atoms with Gasteiger partial charge in [-0.3, -0.25) is 9.59 Å². The number of benzene rings is 1. The van der Waals surface area contributed by atoms with Gasteiger partial charge in [-0.05, 0) is 57.0 Å². The summed E-state index contributed by atoms with van der Waals surface area (Å²) in [5.41, 5.74) is 1.80. The van der Waals surface area contributed by atoms with E-state index < -0.39 is 11.4 Å². The Bertz CT molecular complexity index is 852. The lowest BCUT2D eigenvalue weighted by molar-refractivity contribution is -0.154. The highest BCUT2D eigenvalue weighted by atomic mass is 19.1. The molecule has 0 spiro atoms. The third kappa shape index (κ3) is 3.73. The van der Waals surface area contributed by atoms with Crippen LogP contribution in [0, 0.1) is 25.1 Å². The molecule has 1 amide bonds. The zero-order valence-electron chi connectivity index (χ0n) is 15.4. The zero-order valence-corrected chi connectivity index (χ0v) is 15.4. The molecular weight excluding hydrogens is 351 g/mol. The number of halogens is 1. The van der Waals surface area contributed by atoms with Crippen molar-refractivity contribution in [3.05, 3.63) is 53.1 Å². The number of hydrogen-bond donors (Lipinski definition) is 2. The summed E-state index contributed by atoms with van der Waals surface area (Å²) in [7, 11) is 0. The first kappa shape index (κ1) is 19.1. The molecular formula is C20H23FN2O4. The van der Waals surface area contributed by atoms with E-state index in [1.807, 2.05) is 18.4 Å². The first-order valence-electron chi connectivity index (χ1n) is 8.88. The van der Waals surface area contributed by atoms with Crippen LogP contribution in [0.4, 0.5) is 4.39 Å². The fourth-order valence-corrected chi connectivity index (χ4v) is 3.55. The van der Waals surface area contributed by atoms with Gasteiger partial charge >= 0.3 is 5.97 Å². The Morgan fingerprint density at radius 2 is 1.85 bits per heavy atom. The first-order valence-corrected chi connectivity index (χ1v) is 8.88. The summed E-state index contributed by atoms with van der Waals surface area (Å²) >= 11 is 0. The molecule has 0 bridgehead atoms. The normalized spacial score (nSPS) is 16.1. The molecule has 1 aromatic carbocycles. The molecule has 0 unspecified atom stereocenters. The number of nitrogens with zero attached hydrogens (tertiary/aromatic N) is 1. The van der Waals surface area contributed by atoms with Gasteiger partial charge in [-0.1, -0.05) is 0 Å². The van der Waals surface area contributed by atoms with E-state index in [9.17, 15) is 19.1 Å². The van der Waals surface area contributed by atoms with Crippen molar-refractivity contribution < 1.29 is 23.8 Å². The standard InChI is InChI=1S/C20H23FN2O4/c1-13-11-17(14(2)23(13)16-5-3-15(21)4-6-16)18(24)22-12-20(19(25)26)7-9-27-10-8-20/h3-6,11H,7-10,12H2,1-2H3,(H,22,24)(H,25,26). The van der Waals surface area contributed by atoms with E-state index in [4.69, 9.17) is 4.74 Å². The van der Waals surface area contributed by atoms with Crippen LogP contribution in [0.5, 0.6) is 0 Å². The average molecular weight is 374 g/mol. The molecule has 0 aliphatic carbocycles. The highest BCUT2D eigenvalue weighted by Crippen LogP contribution is 2.30. The molecule has 0 saturated carbocycles. The van der Waals surface area contributed by atoms with Gasteiger partial charge in [-0.25, -0.2) is 4.39 Å². The number of aryl methyl sites for hydroxylation is 1. The summed E-state index contributed by atoms with van der Waals surface area (Å²) in [6.07, 6.45) is 0.744. The number of aromatic nitrogens is 1. The highest BCUT2D eigenvalue weighted by Gasteiger charge is 2.40. The molecule has 1 aliphatic heterocycles. The molecule has 1 aliphatic rings. The number of carboxylic acids is 1. The monoisotopic (exact) mass is 374 g/mol. The van der Waals surface area contributed by atoms with E-state index in [0.29, 0.717) is 37.3 Å². The van der Waals surface area contributed by atoms with Gasteiger partial charge in [0.05, 0.1) is 11.0 Å². The summed E-state index contributed by atoms with van der Waals surface area (Å²) in [5, 5.41) is 12.4. The van der Waals surface area contributed by atoms with Gasteiger partial charge in [-0.2, -0.15) is 0 Å². The molecule has 2 N–H and O–H groups in total. The average Bonchev–Trinajstić information content (AvgIpc) is 2.95. The number of carbonyl (C=O) groups is 2. The summed E-state index contributed by atoms with van der Waals surface area (Å²) in [4.78, 5) is 24.4. The molecule has 144 valence electrons. The summed E-state index contributed by atoms with van der Waals surface area (Å²) in [5.74, 6) is -1.55. The third-order valence-electron chi connectivity index (χ3n) is 5.25. The lowest BCUT2D eigenvalue weighted by Gasteiger charge is -2.33. The molecule has 1 fully saturated rings. The summed E-state index contributed by atoms with van der Waals surface area (Å²) in [6, 6.07) is 7.80. The second-order valence-corrected chi connectivity index (χ2v) is 6.98. The van der Waals surface area contributed by atoms with E-state index in [1.165, 1.54) is 12.1 Å². The maximum absolute atomic E-state index is 13.2. The Balaban J connectivity index is 1.80. The molecule has 3 rings (SSSR count). The molecule has 2 aromatic rings. The second kappa shape index (κ2) is 7.52. The van der Waals surface area contributed by atoms with Crippen LogP contribution in [0.25, 0.3) is 5.69 Å². The van der Waals surface area contributed by atoms with E-state index in [2.05, 4.69) is 5.32 Å². The topological polar surface area (TPSA) is 80.6 Å². The number of carbonyl (C=O) groups excluding carboxylic acids is 1. The highest BCUT2D eigenvalue weighted by molar-refractivity contribution is 5.96. The number of amides is 1. The minimum Gasteiger partial charge on any atom is -0.481 e. The van der Waals surface area contributed by atoms with Gasteiger partial charge < -0.3 is 19.7 Å². The van der Waals surface area contributed by atoms with E-state index in [-0.39, 0.29) is 18.3 Å². The SMILES string of the molecule is Cc1cc(C(=O)NCC2(C(=O)O)CCOCC2)c(C)n1-c1ccc(F)cc1. The molecule has 27 heavy (non-hydrogen) atoms. The van der Waals surface area contributed by atoms with Gasteiger partial charge in [0, 0.05) is 36.8 Å².